The van der Waals surface area contributed by atoms with Crippen LogP contribution in [0.4, 0.5) is 5.13 Å². The fraction of sp³-hybridized carbons (Fsp3) is 0.158. The number of nitrogens with zero attached hydrogens (tertiary/aromatic N) is 1. The van der Waals surface area contributed by atoms with Crippen LogP contribution in [0.2, 0.25) is 5.02 Å². The predicted molar refractivity (Wildman–Crippen MR) is 102 cm³/mol. The Labute approximate surface area is 155 Å². The third kappa shape index (κ3) is 5.05. The lowest BCUT2D eigenvalue weighted by Gasteiger charge is -2.05. The number of benzene rings is 2. The van der Waals surface area contributed by atoms with Gasteiger partial charge in [-0.1, -0.05) is 41.9 Å². The number of amides is 1. The van der Waals surface area contributed by atoms with Crippen molar-refractivity contribution >= 4 is 34.0 Å². The summed E-state index contributed by atoms with van der Waals surface area (Å²) in [5.74, 6) is 0.356. The Morgan fingerprint density at radius 3 is 2.60 bits per heavy atom. The molecule has 3 rings (SSSR count). The number of anilines is 1. The van der Waals surface area contributed by atoms with Crippen molar-refractivity contribution in [1.29, 1.82) is 0 Å². The monoisotopic (exact) mass is 372 g/mol. The lowest BCUT2D eigenvalue weighted by atomic mass is 10.1. The largest absolute Gasteiger partial charge is 0.484 e. The minimum Gasteiger partial charge on any atom is -0.484 e. The number of hydrogen-bond donors (Lipinski definition) is 1. The minimum atomic E-state index is -0.241. The molecule has 25 heavy (non-hydrogen) atoms. The van der Waals surface area contributed by atoms with Crippen LogP contribution in [0.1, 0.15) is 16.1 Å². The molecule has 128 valence electrons. The molecule has 0 spiro atoms. The first-order chi connectivity index (χ1) is 12.1. The molecule has 4 nitrogen and oxygen atoms in total. The number of carbonyl (C=O) groups is 1. The van der Waals surface area contributed by atoms with Crippen molar-refractivity contribution in [3.05, 3.63) is 75.8 Å². The molecule has 0 aliphatic rings. The van der Waals surface area contributed by atoms with E-state index in [0.717, 1.165) is 17.0 Å². The molecule has 1 heterocycles. The highest BCUT2D eigenvalue weighted by Crippen LogP contribution is 2.25. The summed E-state index contributed by atoms with van der Waals surface area (Å²) in [7, 11) is 0. The van der Waals surface area contributed by atoms with Crippen molar-refractivity contribution in [2.24, 2.45) is 0 Å². The second-order valence-electron chi connectivity index (χ2n) is 5.48. The van der Waals surface area contributed by atoms with Crippen LogP contribution in [-0.4, -0.2) is 17.5 Å². The maximum atomic E-state index is 12.0. The Hall–Kier alpha value is -2.37. The van der Waals surface area contributed by atoms with E-state index < -0.39 is 0 Å². The van der Waals surface area contributed by atoms with Gasteiger partial charge in [-0.25, -0.2) is 4.98 Å². The van der Waals surface area contributed by atoms with Gasteiger partial charge in [-0.2, -0.15) is 0 Å². The van der Waals surface area contributed by atoms with Gasteiger partial charge in [0.15, 0.2) is 11.7 Å². The third-order valence-corrected chi connectivity index (χ3v) is 4.85. The molecule has 0 unspecified atom stereocenters. The molecule has 0 aliphatic carbocycles. The molecular formula is C19H17ClN2O2S. The van der Waals surface area contributed by atoms with Crippen molar-refractivity contribution in [2.45, 2.75) is 13.3 Å². The van der Waals surface area contributed by atoms with E-state index in [1.54, 1.807) is 24.3 Å². The zero-order valence-electron chi connectivity index (χ0n) is 13.7. The van der Waals surface area contributed by atoms with Crippen LogP contribution in [0.3, 0.4) is 0 Å². The van der Waals surface area contributed by atoms with Gasteiger partial charge in [0.1, 0.15) is 5.75 Å². The summed E-state index contributed by atoms with van der Waals surface area (Å²) in [6, 6.07) is 17.1. The van der Waals surface area contributed by atoms with Crippen molar-refractivity contribution in [1.82, 2.24) is 4.98 Å². The standard InChI is InChI=1S/C19H17ClN2O2S/c1-13-17(11-14-5-3-2-4-6-14)25-19(21-13)22-18(23)12-24-16-9-7-15(20)8-10-16/h2-10H,11-12H2,1H3,(H,21,22,23). The van der Waals surface area contributed by atoms with Gasteiger partial charge in [-0.3, -0.25) is 10.1 Å². The van der Waals surface area contributed by atoms with Gasteiger partial charge in [-0.15, -0.1) is 11.3 Å². The van der Waals surface area contributed by atoms with Crippen LogP contribution in [0.25, 0.3) is 0 Å². The summed E-state index contributed by atoms with van der Waals surface area (Å²) >= 11 is 7.31. The zero-order valence-corrected chi connectivity index (χ0v) is 15.2. The van der Waals surface area contributed by atoms with Crippen molar-refractivity contribution in [3.8, 4) is 5.75 Å². The molecular weight excluding hydrogens is 356 g/mol. The number of hydrogen-bond acceptors (Lipinski definition) is 4. The number of aromatic nitrogens is 1. The van der Waals surface area contributed by atoms with Crippen LogP contribution >= 0.6 is 22.9 Å². The van der Waals surface area contributed by atoms with Crippen molar-refractivity contribution in [3.63, 3.8) is 0 Å². The SMILES string of the molecule is Cc1nc(NC(=O)COc2ccc(Cl)cc2)sc1Cc1ccccc1. The highest BCUT2D eigenvalue weighted by Gasteiger charge is 2.11. The fourth-order valence-electron chi connectivity index (χ4n) is 2.26. The van der Waals surface area contributed by atoms with E-state index >= 15 is 0 Å². The van der Waals surface area contributed by atoms with Crippen LogP contribution in [-0.2, 0) is 11.2 Å². The molecule has 1 N–H and O–H groups in total. The number of ether oxygens (including phenoxy) is 1. The molecule has 1 aromatic heterocycles. The molecule has 0 saturated carbocycles. The molecule has 2 aromatic carbocycles. The quantitative estimate of drug-likeness (QED) is 0.681. The first-order valence-corrected chi connectivity index (χ1v) is 8.98. The predicted octanol–water partition coefficient (Wildman–Crippen LogP) is 4.71. The molecule has 0 atom stereocenters. The molecule has 3 aromatic rings. The summed E-state index contributed by atoms with van der Waals surface area (Å²) in [5, 5.41) is 4.00. The van der Waals surface area contributed by atoms with Crippen LogP contribution in [0.15, 0.2) is 54.6 Å². The van der Waals surface area contributed by atoms with E-state index in [9.17, 15) is 4.79 Å². The van der Waals surface area contributed by atoms with Crippen LogP contribution in [0.5, 0.6) is 5.75 Å². The van der Waals surface area contributed by atoms with E-state index in [2.05, 4.69) is 22.4 Å². The summed E-state index contributed by atoms with van der Waals surface area (Å²) in [4.78, 5) is 17.6. The average Bonchev–Trinajstić information content (AvgIpc) is 2.94. The maximum Gasteiger partial charge on any atom is 0.264 e. The Morgan fingerprint density at radius 2 is 1.88 bits per heavy atom. The number of rotatable bonds is 6. The van der Waals surface area contributed by atoms with Gasteiger partial charge in [0.25, 0.3) is 5.91 Å². The molecule has 0 aliphatic heterocycles. The van der Waals surface area contributed by atoms with Gasteiger partial charge < -0.3 is 4.74 Å². The first kappa shape index (κ1) is 17.5. The minimum absolute atomic E-state index is 0.0751. The van der Waals surface area contributed by atoms with E-state index in [1.807, 2.05) is 25.1 Å². The smallest absolute Gasteiger partial charge is 0.264 e. The fourth-order valence-corrected chi connectivity index (χ4v) is 3.40. The molecule has 0 radical (unpaired) electrons. The lowest BCUT2D eigenvalue weighted by molar-refractivity contribution is -0.118. The molecule has 0 fully saturated rings. The average molecular weight is 373 g/mol. The topological polar surface area (TPSA) is 51.2 Å². The van der Waals surface area contributed by atoms with Gasteiger partial charge in [-0.05, 0) is 36.8 Å². The highest BCUT2D eigenvalue weighted by atomic mass is 35.5. The molecule has 0 bridgehead atoms. The Morgan fingerprint density at radius 1 is 1.16 bits per heavy atom. The molecule has 1 amide bonds. The Bertz CT molecular complexity index is 848. The molecule has 0 saturated heterocycles. The van der Waals surface area contributed by atoms with E-state index in [1.165, 1.54) is 16.9 Å². The van der Waals surface area contributed by atoms with Gasteiger partial charge in [0.2, 0.25) is 0 Å². The Kier molecular flexibility index (Phi) is 5.68. The maximum absolute atomic E-state index is 12.0. The first-order valence-electron chi connectivity index (χ1n) is 7.78. The third-order valence-electron chi connectivity index (χ3n) is 3.53. The Balaban J connectivity index is 1.56. The number of nitrogens with one attached hydrogen (secondary N) is 1. The normalized spacial score (nSPS) is 10.5. The second kappa shape index (κ2) is 8.14. The summed E-state index contributed by atoms with van der Waals surface area (Å²) in [6.07, 6.45) is 0.807. The summed E-state index contributed by atoms with van der Waals surface area (Å²) in [5.41, 5.74) is 2.15. The van der Waals surface area contributed by atoms with E-state index in [4.69, 9.17) is 16.3 Å². The lowest BCUT2D eigenvalue weighted by Crippen LogP contribution is -2.20. The van der Waals surface area contributed by atoms with E-state index in [-0.39, 0.29) is 12.5 Å². The highest BCUT2D eigenvalue weighted by molar-refractivity contribution is 7.15. The van der Waals surface area contributed by atoms with Gasteiger partial charge >= 0.3 is 0 Å². The van der Waals surface area contributed by atoms with Crippen LogP contribution in [0, 0.1) is 6.92 Å². The van der Waals surface area contributed by atoms with Crippen molar-refractivity contribution in [2.75, 3.05) is 11.9 Å². The van der Waals surface area contributed by atoms with Gasteiger partial charge in [0, 0.05) is 16.3 Å². The van der Waals surface area contributed by atoms with Crippen LogP contribution < -0.4 is 10.1 Å². The number of halogens is 1. The second-order valence-corrected chi connectivity index (χ2v) is 7.00. The number of aryl methyl sites for hydroxylation is 1. The zero-order chi connectivity index (χ0) is 17.6. The number of carbonyl (C=O) groups excluding carboxylic acids is 1. The summed E-state index contributed by atoms with van der Waals surface area (Å²) < 4.78 is 5.43. The number of thiazole rings is 1. The van der Waals surface area contributed by atoms with Gasteiger partial charge in [0.05, 0.1) is 5.69 Å². The summed E-state index contributed by atoms with van der Waals surface area (Å²) in [6.45, 7) is 1.88. The van der Waals surface area contributed by atoms with E-state index in [0.29, 0.717) is 15.9 Å². The van der Waals surface area contributed by atoms with Crippen molar-refractivity contribution < 1.29 is 9.53 Å². The molecule has 6 heteroatoms.